The highest BCUT2D eigenvalue weighted by Gasteiger charge is 2.49. The van der Waals surface area contributed by atoms with Gasteiger partial charge in [-0.3, -0.25) is 9.59 Å². The number of methoxy groups -OCH3 is 2. The van der Waals surface area contributed by atoms with Gasteiger partial charge in [-0.05, 0) is 86.1 Å². The van der Waals surface area contributed by atoms with E-state index in [2.05, 4.69) is 52.1 Å². The lowest BCUT2D eigenvalue weighted by molar-refractivity contribution is -0.143. The number of aliphatic hydroxyl groups is 1. The Hall–Kier alpha value is -4.53. The summed E-state index contributed by atoms with van der Waals surface area (Å²) in [5.74, 6) is -2.24. The Balaban J connectivity index is 1.65. The number of carbonyl (C=O) groups excluding carboxylic acids is 2. The highest BCUT2D eigenvalue weighted by atomic mass is 16.5. The molecule has 0 aromatic carbocycles. The van der Waals surface area contributed by atoms with Crippen LogP contribution in [0.15, 0.2) is 106 Å². The number of carbonyl (C=O) groups is 2. The van der Waals surface area contributed by atoms with Crippen molar-refractivity contribution in [3.8, 4) is 0 Å². The highest BCUT2D eigenvalue weighted by Crippen LogP contribution is 2.49. The van der Waals surface area contributed by atoms with Gasteiger partial charge in [0, 0.05) is 40.8 Å². The quantitative estimate of drug-likeness (QED) is 0.336. The molecule has 0 amide bonds. The van der Waals surface area contributed by atoms with Crippen LogP contribution in [0.25, 0.3) is 0 Å². The van der Waals surface area contributed by atoms with Gasteiger partial charge in [0.05, 0.1) is 48.4 Å². The van der Waals surface area contributed by atoms with Gasteiger partial charge in [0.2, 0.25) is 0 Å². The van der Waals surface area contributed by atoms with Gasteiger partial charge in [0.25, 0.3) is 0 Å². The van der Waals surface area contributed by atoms with Gasteiger partial charge >= 0.3 is 11.9 Å². The second kappa shape index (κ2) is 11.4. The SMILES string of the molecule is CCC1=C(C)C2=NC1=CC1=C(C)C3=C(O)C(C(=O)OC)C(=C4NC(=CC5=NC(=C2)C(CC)=C5C)C(C)C4CCC(=O)OC)C3=N1. The molecule has 6 rings (SSSR count). The van der Waals surface area contributed by atoms with Gasteiger partial charge in [0.15, 0.2) is 0 Å². The van der Waals surface area contributed by atoms with Gasteiger partial charge in [-0.15, -0.1) is 0 Å². The Morgan fingerprint density at radius 3 is 2.11 bits per heavy atom. The van der Waals surface area contributed by atoms with Crippen LogP contribution in [-0.4, -0.2) is 48.4 Å². The zero-order valence-corrected chi connectivity index (χ0v) is 27.2. The van der Waals surface area contributed by atoms with Gasteiger partial charge in [-0.25, -0.2) is 15.0 Å². The molecule has 5 heterocycles. The second-order valence-corrected chi connectivity index (χ2v) is 12.2. The Morgan fingerprint density at radius 2 is 1.51 bits per heavy atom. The highest BCUT2D eigenvalue weighted by molar-refractivity contribution is 6.24. The van der Waals surface area contributed by atoms with E-state index in [1.165, 1.54) is 19.8 Å². The maximum absolute atomic E-state index is 13.3. The van der Waals surface area contributed by atoms with Gasteiger partial charge in [-0.1, -0.05) is 20.8 Å². The molecule has 234 valence electrons. The molecule has 5 aliphatic heterocycles. The maximum atomic E-state index is 13.3. The topological polar surface area (TPSA) is 122 Å². The average molecular weight is 609 g/mol. The van der Waals surface area contributed by atoms with E-state index in [9.17, 15) is 14.7 Å². The number of nitrogens with zero attached hydrogens (tertiary/aromatic N) is 3. The lowest BCUT2D eigenvalue weighted by Gasteiger charge is -2.20. The molecule has 2 N–H and O–H groups in total. The van der Waals surface area contributed by atoms with Gasteiger partial charge < -0.3 is 19.9 Å². The Labute approximate surface area is 264 Å². The predicted molar refractivity (Wildman–Crippen MR) is 174 cm³/mol. The summed E-state index contributed by atoms with van der Waals surface area (Å²) in [6.45, 7) is 12.5. The number of hydrogen-bond acceptors (Lipinski definition) is 9. The fourth-order valence-corrected chi connectivity index (χ4v) is 7.37. The van der Waals surface area contributed by atoms with Gasteiger partial charge in [-0.2, -0.15) is 0 Å². The zero-order chi connectivity index (χ0) is 32.3. The molecule has 1 saturated heterocycles. The maximum Gasteiger partial charge on any atom is 0.321 e. The van der Waals surface area contributed by atoms with Crippen molar-refractivity contribution >= 4 is 29.1 Å². The lowest BCUT2D eigenvalue weighted by atomic mass is 9.84. The summed E-state index contributed by atoms with van der Waals surface area (Å²) < 4.78 is 10.2. The molecule has 6 aliphatic rings. The fraction of sp³-hybridized carbons (Fsp3) is 0.417. The number of fused-ring (bicyclic) bond motifs is 5. The van der Waals surface area contributed by atoms with Crippen LogP contribution in [0.4, 0.5) is 0 Å². The molecule has 3 unspecified atom stereocenters. The van der Waals surface area contributed by atoms with Crippen molar-refractivity contribution in [3.05, 3.63) is 91.5 Å². The minimum Gasteiger partial charge on any atom is -0.510 e. The van der Waals surface area contributed by atoms with E-state index in [0.717, 1.165) is 69.3 Å². The number of hydrogen-bond donors (Lipinski definition) is 2. The van der Waals surface area contributed by atoms with Crippen LogP contribution in [0.2, 0.25) is 0 Å². The summed E-state index contributed by atoms with van der Waals surface area (Å²) in [5.41, 5.74) is 12.8. The number of aliphatic hydroxyl groups excluding tert-OH is 1. The monoisotopic (exact) mass is 608 g/mol. The molecular weight excluding hydrogens is 568 g/mol. The summed E-state index contributed by atoms with van der Waals surface area (Å²) in [6.07, 6.45) is 8.44. The van der Waals surface area contributed by atoms with Crippen molar-refractivity contribution in [1.29, 1.82) is 0 Å². The molecule has 45 heavy (non-hydrogen) atoms. The van der Waals surface area contributed by atoms with Crippen LogP contribution < -0.4 is 5.32 Å². The standard InChI is InChI=1S/C36H40N4O5/c1-9-20-16(3)23-13-25-18(5)22(11-12-29(41)44-7)33(39-25)31-32(36(43)45-8)35(42)30-19(6)26(40-34(30)31)15-28-21(10-2)17(4)24(38-28)14-27(20)37-23/h13-15,18,22,32,39,42H,9-12H2,1-8H3. The van der Waals surface area contributed by atoms with Crippen molar-refractivity contribution in [2.75, 3.05) is 14.2 Å². The first kappa shape index (κ1) is 30.5. The van der Waals surface area contributed by atoms with Crippen molar-refractivity contribution in [2.24, 2.45) is 32.7 Å². The third-order valence-electron chi connectivity index (χ3n) is 9.98. The normalized spacial score (nSPS) is 25.4. The van der Waals surface area contributed by atoms with E-state index in [-0.39, 0.29) is 30.0 Å². The Bertz CT molecular complexity index is 1800. The molecule has 0 saturated carbocycles. The molecule has 3 atom stereocenters. The lowest BCUT2D eigenvalue weighted by Crippen LogP contribution is -2.25. The minimum atomic E-state index is -1.04. The van der Waals surface area contributed by atoms with Crippen LogP contribution in [0.1, 0.15) is 67.2 Å². The molecule has 0 spiro atoms. The van der Waals surface area contributed by atoms with E-state index < -0.39 is 11.9 Å². The first-order chi connectivity index (χ1) is 21.5. The molecule has 0 radical (unpaired) electrons. The third kappa shape index (κ3) is 4.71. The molecule has 0 aromatic rings. The van der Waals surface area contributed by atoms with Gasteiger partial charge in [0.1, 0.15) is 11.7 Å². The molecule has 0 aromatic heterocycles. The van der Waals surface area contributed by atoms with E-state index in [1.54, 1.807) is 0 Å². The molecule has 1 aliphatic carbocycles. The number of nitrogens with one attached hydrogen (secondary N) is 1. The van der Waals surface area contributed by atoms with Crippen LogP contribution in [0, 0.1) is 17.8 Å². The summed E-state index contributed by atoms with van der Waals surface area (Å²) in [6, 6.07) is 0. The largest absolute Gasteiger partial charge is 0.510 e. The number of allylic oxidation sites excluding steroid dienone is 11. The second-order valence-electron chi connectivity index (χ2n) is 12.2. The van der Waals surface area contributed by atoms with E-state index in [4.69, 9.17) is 24.5 Å². The summed E-state index contributed by atoms with van der Waals surface area (Å²) in [7, 11) is 2.70. The summed E-state index contributed by atoms with van der Waals surface area (Å²) in [5, 5.41) is 15.3. The smallest absolute Gasteiger partial charge is 0.321 e. The number of esters is 2. The summed E-state index contributed by atoms with van der Waals surface area (Å²) >= 11 is 0. The average Bonchev–Trinajstić information content (AvgIpc) is 3.76. The van der Waals surface area contributed by atoms with E-state index >= 15 is 0 Å². The van der Waals surface area contributed by atoms with Crippen LogP contribution >= 0.6 is 0 Å². The zero-order valence-electron chi connectivity index (χ0n) is 27.2. The first-order valence-corrected chi connectivity index (χ1v) is 15.7. The molecule has 9 heteroatoms. The number of ether oxygens (including phenoxy) is 2. The predicted octanol–water partition coefficient (Wildman–Crippen LogP) is 6.42. The van der Waals surface area contributed by atoms with Crippen molar-refractivity contribution in [1.82, 2.24) is 5.32 Å². The molecule has 8 bridgehead atoms. The van der Waals surface area contributed by atoms with E-state index in [1.807, 2.05) is 13.0 Å². The van der Waals surface area contributed by atoms with Crippen molar-refractivity contribution < 1.29 is 24.2 Å². The minimum absolute atomic E-state index is 0.0544. The van der Waals surface area contributed by atoms with Crippen molar-refractivity contribution in [3.63, 3.8) is 0 Å². The molecule has 9 nitrogen and oxygen atoms in total. The summed E-state index contributed by atoms with van der Waals surface area (Å²) in [4.78, 5) is 40.9. The first-order valence-electron chi connectivity index (χ1n) is 15.7. The number of rotatable bonds is 6. The molecular formula is C36H40N4O5. The number of aliphatic imine (C=N–C) groups is 3. The van der Waals surface area contributed by atoms with E-state index in [0.29, 0.717) is 29.0 Å². The van der Waals surface area contributed by atoms with Crippen molar-refractivity contribution in [2.45, 2.75) is 67.2 Å². The van der Waals surface area contributed by atoms with Crippen LogP contribution in [-0.2, 0) is 19.1 Å². The Morgan fingerprint density at radius 1 is 0.889 bits per heavy atom. The third-order valence-corrected chi connectivity index (χ3v) is 9.98. The Kier molecular flexibility index (Phi) is 7.75. The molecule has 1 fully saturated rings. The van der Waals surface area contributed by atoms with Crippen LogP contribution in [0.3, 0.4) is 0 Å². The van der Waals surface area contributed by atoms with Crippen LogP contribution in [0.5, 0.6) is 0 Å². The fourth-order valence-electron chi connectivity index (χ4n) is 7.37.